The average Bonchev–Trinajstić information content (AvgIpc) is 2.89. The van der Waals surface area contributed by atoms with Gasteiger partial charge in [-0.3, -0.25) is 0 Å². The Kier molecular flexibility index (Phi) is 3.65. The van der Waals surface area contributed by atoms with Crippen LogP contribution < -0.4 is 0 Å². The summed E-state index contributed by atoms with van der Waals surface area (Å²) in [5.41, 5.74) is 1.12. The molecular formula is C16H20O4. The van der Waals surface area contributed by atoms with Gasteiger partial charge in [-0.05, 0) is 19.4 Å². The zero-order chi connectivity index (χ0) is 14.2. The molecule has 2 aliphatic heterocycles. The van der Waals surface area contributed by atoms with Crippen LogP contribution in [0.1, 0.15) is 19.4 Å². The summed E-state index contributed by atoms with van der Waals surface area (Å²) in [6, 6.07) is 10.0. The van der Waals surface area contributed by atoms with Gasteiger partial charge in [0, 0.05) is 0 Å². The van der Waals surface area contributed by atoms with Crippen molar-refractivity contribution in [2.24, 2.45) is 0 Å². The van der Waals surface area contributed by atoms with Crippen molar-refractivity contribution in [1.82, 2.24) is 0 Å². The van der Waals surface area contributed by atoms with Crippen LogP contribution in [0.5, 0.6) is 0 Å². The maximum absolute atomic E-state index is 6.00. The van der Waals surface area contributed by atoms with Gasteiger partial charge in [-0.1, -0.05) is 36.4 Å². The van der Waals surface area contributed by atoms with Crippen molar-refractivity contribution in [3.8, 4) is 0 Å². The largest absolute Gasteiger partial charge is 0.368 e. The molecule has 0 bridgehead atoms. The van der Waals surface area contributed by atoms with E-state index < -0.39 is 5.79 Å². The molecule has 4 atom stereocenters. The molecule has 2 fully saturated rings. The van der Waals surface area contributed by atoms with Gasteiger partial charge in [-0.2, -0.15) is 0 Å². The van der Waals surface area contributed by atoms with Crippen LogP contribution in [-0.4, -0.2) is 30.4 Å². The number of hydrogen-bond donors (Lipinski definition) is 0. The van der Waals surface area contributed by atoms with Crippen molar-refractivity contribution in [2.45, 2.75) is 50.8 Å². The highest BCUT2D eigenvalue weighted by Crippen LogP contribution is 2.39. The second kappa shape index (κ2) is 5.30. The second-order valence-electron chi connectivity index (χ2n) is 5.57. The van der Waals surface area contributed by atoms with Crippen LogP contribution in [0.2, 0.25) is 0 Å². The highest BCUT2D eigenvalue weighted by atomic mass is 16.8. The topological polar surface area (TPSA) is 36.9 Å². The first kappa shape index (κ1) is 13.8. The van der Waals surface area contributed by atoms with E-state index in [1.165, 1.54) is 0 Å². The quantitative estimate of drug-likeness (QED) is 0.792. The molecule has 4 heteroatoms. The second-order valence-corrected chi connectivity index (χ2v) is 5.57. The number of hydrogen-bond acceptors (Lipinski definition) is 4. The molecule has 1 aromatic carbocycles. The van der Waals surface area contributed by atoms with Crippen LogP contribution in [0.25, 0.3) is 0 Å². The van der Waals surface area contributed by atoms with Gasteiger partial charge in [0.15, 0.2) is 12.1 Å². The lowest BCUT2D eigenvalue weighted by Crippen LogP contribution is -2.35. The van der Waals surface area contributed by atoms with E-state index in [9.17, 15) is 0 Å². The Morgan fingerprint density at radius 2 is 2.00 bits per heavy atom. The molecule has 20 heavy (non-hydrogen) atoms. The molecule has 0 amide bonds. The SMILES string of the molecule is C=C[C@H]1O[C@@H]2OC(C)(C)O[C@@H]2[C@H]1OCc1ccccc1. The van der Waals surface area contributed by atoms with Crippen molar-refractivity contribution in [3.63, 3.8) is 0 Å². The number of rotatable bonds is 4. The van der Waals surface area contributed by atoms with Crippen LogP contribution >= 0.6 is 0 Å². The summed E-state index contributed by atoms with van der Waals surface area (Å²) in [4.78, 5) is 0. The van der Waals surface area contributed by atoms with E-state index in [1.54, 1.807) is 6.08 Å². The monoisotopic (exact) mass is 276 g/mol. The first-order chi connectivity index (χ1) is 9.59. The van der Waals surface area contributed by atoms with Crippen molar-refractivity contribution in [3.05, 3.63) is 48.6 Å². The van der Waals surface area contributed by atoms with Crippen LogP contribution in [0.15, 0.2) is 43.0 Å². The molecule has 1 aromatic rings. The normalized spacial score (nSPS) is 34.9. The predicted octanol–water partition coefficient (Wildman–Crippen LogP) is 2.63. The molecule has 2 saturated heterocycles. The third-order valence-corrected chi connectivity index (χ3v) is 3.54. The summed E-state index contributed by atoms with van der Waals surface area (Å²) in [5.74, 6) is -0.629. The molecule has 0 aliphatic carbocycles. The molecule has 3 rings (SSSR count). The summed E-state index contributed by atoms with van der Waals surface area (Å²) in [5, 5.41) is 0. The Morgan fingerprint density at radius 1 is 1.25 bits per heavy atom. The van der Waals surface area contributed by atoms with E-state index >= 15 is 0 Å². The molecule has 4 nitrogen and oxygen atoms in total. The van der Waals surface area contributed by atoms with Gasteiger partial charge in [-0.25, -0.2) is 0 Å². The highest BCUT2D eigenvalue weighted by molar-refractivity contribution is 5.13. The van der Waals surface area contributed by atoms with Gasteiger partial charge < -0.3 is 18.9 Å². The Balaban J connectivity index is 1.68. The zero-order valence-corrected chi connectivity index (χ0v) is 11.8. The molecule has 2 heterocycles. The molecule has 108 valence electrons. The first-order valence-corrected chi connectivity index (χ1v) is 6.88. The number of fused-ring (bicyclic) bond motifs is 1. The van der Waals surface area contributed by atoms with Crippen LogP contribution in [0.4, 0.5) is 0 Å². The van der Waals surface area contributed by atoms with Crippen molar-refractivity contribution in [1.29, 1.82) is 0 Å². The van der Waals surface area contributed by atoms with Gasteiger partial charge in [-0.15, -0.1) is 6.58 Å². The van der Waals surface area contributed by atoms with Crippen LogP contribution in [-0.2, 0) is 25.6 Å². The van der Waals surface area contributed by atoms with Gasteiger partial charge in [0.2, 0.25) is 0 Å². The third kappa shape index (κ3) is 2.65. The molecule has 0 N–H and O–H groups in total. The average molecular weight is 276 g/mol. The predicted molar refractivity (Wildman–Crippen MR) is 73.9 cm³/mol. The van der Waals surface area contributed by atoms with Gasteiger partial charge >= 0.3 is 0 Å². The van der Waals surface area contributed by atoms with E-state index in [2.05, 4.69) is 6.58 Å². The molecule has 0 saturated carbocycles. The first-order valence-electron chi connectivity index (χ1n) is 6.88. The summed E-state index contributed by atoms with van der Waals surface area (Å²) in [6.45, 7) is 8.08. The van der Waals surface area contributed by atoms with E-state index in [4.69, 9.17) is 18.9 Å². The fourth-order valence-corrected chi connectivity index (χ4v) is 2.65. The minimum atomic E-state index is -0.629. The van der Waals surface area contributed by atoms with Gasteiger partial charge in [0.25, 0.3) is 0 Å². The standard InChI is InChI=1S/C16H20O4/c1-4-12-13(17-10-11-8-6-5-7-9-11)14-15(18-12)20-16(2,3)19-14/h4-9,12-15H,1,10H2,2-3H3/t12-,13+,14-,15-/m1/s1. The van der Waals surface area contributed by atoms with Gasteiger partial charge in [0.1, 0.15) is 18.3 Å². The Bertz CT molecular complexity index is 471. The van der Waals surface area contributed by atoms with E-state index in [-0.39, 0.29) is 24.6 Å². The van der Waals surface area contributed by atoms with Crippen LogP contribution in [0, 0.1) is 0 Å². The number of ether oxygens (including phenoxy) is 4. The maximum Gasteiger partial charge on any atom is 0.190 e. The third-order valence-electron chi connectivity index (χ3n) is 3.54. The molecule has 0 radical (unpaired) electrons. The highest BCUT2D eigenvalue weighted by Gasteiger charge is 2.54. The Morgan fingerprint density at radius 3 is 2.70 bits per heavy atom. The molecular weight excluding hydrogens is 256 g/mol. The van der Waals surface area contributed by atoms with E-state index in [1.807, 2.05) is 44.2 Å². The lowest BCUT2D eigenvalue weighted by molar-refractivity contribution is -0.213. The van der Waals surface area contributed by atoms with Crippen molar-refractivity contribution in [2.75, 3.05) is 0 Å². The smallest absolute Gasteiger partial charge is 0.190 e. The molecule has 0 aromatic heterocycles. The Labute approximate surface area is 119 Å². The summed E-state index contributed by atoms with van der Waals surface area (Å²) in [7, 11) is 0. The minimum absolute atomic E-state index is 0.195. The summed E-state index contributed by atoms with van der Waals surface area (Å²) < 4.78 is 23.4. The van der Waals surface area contributed by atoms with E-state index in [0.717, 1.165) is 5.56 Å². The minimum Gasteiger partial charge on any atom is -0.368 e. The van der Waals surface area contributed by atoms with Crippen molar-refractivity contribution >= 4 is 0 Å². The van der Waals surface area contributed by atoms with E-state index in [0.29, 0.717) is 6.61 Å². The Hall–Kier alpha value is -1.20. The maximum atomic E-state index is 6.00. The fraction of sp³-hybridized carbons (Fsp3) is 0.500. The van der Waals surface area contributed by atoms with Gasteiger partial charge in [0.05, 0.1) is 6.61 Å². The molecule has 0 unspecified atom stereocenters. The fourth-order valence-electron chi connectivity index (χ4n) is 2.65. The molecule has 2 aliphatic rings. The summed E-state index contributed by atoms with van der Waals surface area (Å²) >= 11 is 0. The van der Waals surface area contributed by atoms with Crippen molar-refractivity contribution < 1.29 is 18.9 Å². The lowest BCUT2D eigenvalue weighted by Gasteiger charge is -2.24. The lowest BCUT2D eigenvalue weighted by atomic mass is 10.1. The summed E-state index contributed by atoms with van der Waals surface area (Å²) in [6.07, 6.45) is 0.753. The van der Waals surface area contributed by atoms with Crippen LogP contribution in [0.3, 0.4) is 0 Å². The molecule has 0 spiro atoms. The number of benzene rings is 1. The zero-order valence-electron chi connectivity index (χ0n) is 11.8.